The molecule has 2 nitrogen and oxygen atoms in total. The molecular formula is C5H7F5N2. The molecule has 0 aliphatic carbocycles. The molecule has 0 radical (unpaired) electrons. The van der Waals surface area contributed by atoms with Gasteiger partial charge in [0.25, 0.3) is 0 Å². The van der Waals surface area contributed by atoms with Gasteiger partial charge in [-0.2, -0.15) is 22.0 Å². The normalized spacial score (nSPS) is 13.1. The van der Waals surface area contributed by atoms with Crippen LogP contribution in [0, 0.1) is 5.41 Å². The van der Waals surface area contributed by atoms with Gasteiger partial charge in [-0.15, -0.1) is 0 Å². The van der Waals surface area contributed by atoms with E-state index in [1.54, 1.807) is 0 Å². The topological polar surface area (TPSA) is 49.9 Å². The summed E-state index contributed by atoms with van der Waals surface area (Å²) in [6.45, 7) is 0. The molecule has 0 fully saturated rings. The number of alkyl halides is 5. The van der Waals surface area contributed by atoms with Crippen molar-refractivity contribution in [2.75, 3.05) is 0 Å². The fourth-order valence-electron chi connectivity index (χ4n) is 0.433. The summed E-state index contributed by atoms with van der Waals surface area (Å²) in [5.41, 5.74) is 4.63. The van der Waals surface area contributed by atoms with Gasteiger partial charge in [0, 0.05) is 12.8 Å². The molecule has 0 spiro atoms. The summed E-state index contributed by atoms with van der Waals surface area (Å²) < 4.78 is 58.3. The van der Waals surface area contributed by atoms with Crippen molar-refractivity contribution in [1.82, 2.24) is 0 Å². The molecule has 0 heterocycles. The second-order valence-corrected chi connectivity index (χ2v) is 2.23. The smallest absolute Gasteiger partial charge is 0.388 e. The van der Waals surface area contributed by atoms with Gasteiger partial charge in [-0.05, 0) is 0 Å². The number of amidine groups is 1. The molecule has 0 aromatic rings. The maximum Gasteiger partial charge on any atom is 0.453 e. The van der Waals surface area contributed by atoms with Gasteiger partial charge in [-0.25, -0.2) is 0 Å². The van der Waals surface area contributed by atoms with Crippen molar-refractivity contribution in [2.45, 2.75) is 24.9 Å². The number of hydrogen-bond donors (Lipinski definition) is 2. The van der Waals surface area contributed by atoms with Crippen LogP contribution in [-0.4, -0.2) is 17.9 Å². The molecule has 0 saturated carbocycles. The fraction of sp³-hybridized carbons (Fsp3) is 0.800. The lowest BCUT2D eigenvalue weighted by atomic mass is 10.1. The summed E-state index contributed by atoms with van der Waals surface area (Å²) in [5.74, 6) is -5.43. The van der Waals surface area contributed by atoms with E-state index in [2.05, 4.69) is 5.73 Å². The first kappa shape index (κ1) is 11.1. The number of rotatable bonds is 3. The number of nitrogens with one attached hydrogen (secondary N) is 1. The molecule has 0 saturated heterocycles. The maximum absolute atomic E-state index is 12.0. The van der Waals surface area contributed by atoms with E-state index in [1.807, 2.05) is 0 Å². The third kappa shape index (κ3) is 3.02. The summed E-state index contributed by atoms with van der Waals surface area (Å²) in [7, 11) is 0. The molecule has 0 atom stereocenters. The van der Waals surface area contributed by atoms with Gasteiger partial charge in [-0.1, -0.05) is 0 Å². The standard InChI is InChI=1S/C5H7F5N2/c6-4(7,5(8,9)10)2-1-3(11)12/h1-2H2,(H3,11,12). The van der Waals surface area contributed by atoms with Gasteiger partial charge in [0.2, 0.25) is 0 Å². The predicted molar refractivity (Wildman–Crippen MR) is 32.2 cm³/mol. The third-order valence-corrected chi connectivity index (χ3v) is 1.12. The molecule has 3 N–H and O–H groups in total. The predicted octanol–water partition coefficient (Wildman–Crippen LogP) is 1.90. The molecule has 7 heteroatoms. The first-order chi connectivity index (χ1) is 5.17. The molecule has 12 heavy (non-hydrogen) atoms. The van der Waals surface area contributed by atoms with E-state index in [-0.39, 0.29) is 0 Å². The van der Waals surface area contributed by atoms with Crippen molar-refractivity contribution in [1.29, 1.82) is 5.41 Å². The SMILES string of the molecule is N=C(N)CCC(F)(F)C(F)(F)F. The van der Waals surface area contributed by atoms with E-state index in [0.717, 1.165) is 0 Å². The highest BCUT2D eigenvalue weighted by Crippen LogP contribution is 2.38. The van der Waals surface area contributed by atoms with E-state index >= 15 is 0 Å². The Balaban J connectivity index is 4.14. The Morgan fingerprint density at radius 1 is 1.17 bits per heavy atom. The Kier molecular flexibility index (Phi) is 3.00. The van der Waals surface area contributed by atoms with Crippen LogP contribution >= 0.6 is 0 Å². The average Bonchev–Trinajstić information content (AvgIpc) is 1.81. The molecule has 0 aliphatic rings. The largest absolute Gasteiger partial charge is 0.453 e. The number of nitrogens with two attached hydrogens (primary N) is 1. The first-order valence-electron chi connectivity index (χ1n) is 2.94. The molecule has 72 valence electrons. The summed E-state index contributed by atoms with van der Waals surface area (Å²) in [6.07, 6.45) is -7.78. The minimum Gasteiger partial charge on any atom is -0.388 e. The van der Waals surface area contributed by atoms with E-state index in [1.165, 1.54) is 0 Å². The summed E-state index contributed by atoms with van der Waals surface area (Å²) in [4.78, 5) is 0. The van der Waals surface area contributed by atoms with Gasteiger partial charge in [0.05, 0.1) is 5.84 Å². The highest BCUT2D eigenvalue weighted by molar-refractivity contribution is 5.76. The summed E-state index contributed by atoms with van der Waals surface area (Å²) in [6, 6.07) is 0. The summed E-state index contributed by atoms with van der Waals surface area (Å²) >= 11 is 0. The molecule has 0 amide bonds. The van der Waals surface area contributed by atoms with Crippen LogP contribution in [0.1, 0.15) is 12.8 Å². The van der Waals surface area contributed by atoms with Gasteiger partial charge < -0.3 is 5.73 Å². The van der Waals surface area contributed by atoms with E-state index in [9.17, 15) is 22.0 Å². The Bertz CT molecular complexity index is 173. The zero-order valence-corrected chi connectivity index (χ0v) is 5.88. The highest BCUT2D eigenvalue weighted by Gasteiger charge is 2.56. The van der Waals surface area contributed by atoms with Gasteiger partial charge >= 0.3 is 12.1 Å². The van der Waals surface area contributed by atoms with Crippen molar-refractivity contribution in [3.63, 3.8) is 0 Å². The van der Waals surface area contributed by atoms with Crippen molar-refractivity contribution in [3.05, 3.63) is 0 Å². The van der Waals surface area contributed by atoms with Crippen molar-refractivity contribution in [2.24, 2.45) is 5.73 Å². The zero-order chi connectivity index (χ0) is 9.99. The van der Waals surface area contributed by atoms with Gasteiger partial charge in [0.15, 0.2) is 0 Å². The Morgan fingerprint density at radius 3 is 1.83 bits per heavy atom. The highest BCUT2D eigenvalue weighted by atomic mass is 19.4. The minimum atomic E-state index is -5.55. The lowest BCUT2D eigenvalue weighted by Crippen LogP contribution is -2.37. The average molecular weight is 190 g/mol. The lowest BCUT2D eigenvalue weighted by Gasteiger charge is -2.18. The molecule has 0 aromatic heterocycles. The molecule has 0 aromatic carbocycles. The fourth-order valence-corrected chi connectivity index (χ4v) is 0.433. The quantitative estimate of drug-likeness (QED) is 0.398. The summed E-state index contributed by atoms with van der Waals surface area (Å²) in [5, 5.41) is 6.46. The monoisotopic (exact) mass is 190 g/mol. The van der Waals surface area contributed by atoms with Crippen LogP contribution in [0.25, 0.3) is 0 Å². The van der Waals surface area contributed by atoms with Crippen LogP contribution in [0.3, 0.4) is 0 Å². The van der Waals surface area contributed by atoms with Crippen LogP contribution in [-0.2, 0) is 0 Å². The van der Waals surface area contributed by atoms with Gasteiger partial charge in [0.1, 0.15) is 0 Å². The second kappa shape index (κ2) is 3.24. The Morgan fingerprint density at radius 2 is 1.58 bits per heavy atom. The van der Waals surface area contributed by atoms with Crippen LogP contribution in [0.5, 0.6) is 0 Å². The van der Waals surface area contributed by atoms with Crippen molar-refractivity contribution in [3.8, 4) is 0 Å². The molecular weight excluding hydrogens is 183 g/mol. The molecule has 0 rings (SSSR count). The van der Waals surface area contributed by atoms with Crippen LogP contribution in [0.4, 0.5) is 22.0 Å². The first-order valence-corrected chi connectivity index (χ1v) is 2.94. The number of hydrogen-bond acceptors (Lipinski definition) is 1. The van der Waals surface area contributed by atoms with E-state index in [4.69, 9.17) is 5.41 Å². The third-order valence-electron chi connectivity index (χ3n) is 1.12. The van der Waals surface area contributed by atoms with E-state index in [0.29, 0.717) is 0 Å². The van der Waals surface area contributed by atoms with Crippen LogP contribution in [0.15, 0.2) is 0 Å². The Hall–Kier alpha value is -0.880. The zero-order valence-electron chi connectivity index (χ0n) is 5.88. The second-order valence-electron chi connectivity index (χ2n) is 2.23. The molecule has 0 unspecified atom stereocenters. The van der Waals surface area contributed by atoms with Gasteiger partial charge in [-0.3, -0.25) is 5.41 Å². The van der Waals surface area contributed by atoms with Crippen molar-refractivity contribution < 1.29 is 22.0 Å². The van der Waals surface area contributed by atoms with Crippen molar-refractivity contribution >= 4 is 5.84 Å². The maximum atomic E-state index is 12.0. The van der Waals surface area contributed by atoms with Crippen LogP contribution < -0.4 is 5.73 Å². The molecule has 0 bridgehead atoms. The van der Waals surface area contributed by atoms with Crippen LogP contribution in [0.2, 0.25) is 0 Å². The Labute approximate surface area is 65.1 Å². The molecule has 0 aliphatic heterocycles. The number of halogens is 5. The minimum absolute atomic E-state index is 0.682. The lowest BCUT2D eigenvalue weighted by molar-refractivity contribution is -0.283. The van der Waals surface area contributed by atoms with E-state index < -0.39 is 30.8 Å².